The zero-order valence-corrected chi connectivity index (χ0v) is 16.7. The van der Waals surface area contributed by atoms with Crippen molar-refractivity contribution in [2.75, 3.05) is 18.6 Å². The second kappa shape index (κ2) is 9.34. The lowest BCUT2D eigenvalue weighted by Crippen LogP contribution is -2.27. The highest BCUT2D eigenvalue weighted by Gasteiger charge is 2.19. The van der Waals surface area contributed by atoms with E-state index in [4.69, 9.17) is 4.74 Å². The molecule has 4 nitrogen and oxygen atoms in total. The van der Waals surface area contributed by atoms with Crippen LogP contribution in [0, 0.1) is 17.7 Å². The number of hydrogen-bond donors (Lipinski definition) is 0. The second-order valence-electron chi connectivity index (χ2n) is 6.23. The van der Waals surface area contributed by atoms with Gasteiger partial charge in [-0.25, -0.2) is 9.37 Å². The maximum Gasteiger partial charge on any atom is 0.258 e. The quantitative estimate of drug-likeness (QED) is 0.420. The molecule has 0 saturated heterocycles. The number of hydrogen-bond acceptors (Lipinski definition) is 4. The molecule has 2 aromatic carbocycles. The molecule has 0 radical (unpaired) electrons. The third kappa shape index (κ3) is 4.49. The monoisotopic (exact) mass is 396 g/mol. The predicted molar refractivity (Wildman–Crippen MR) is 112 cm³/mol. The highest BCUT2D eigenvalue weighted by atomic mass is 32.1. The minimum atomic E-state index is -0.576. The number of nitrogens with zero attached hydrogens (tertiary/aromatic N) is 2. The fourth-order valence-electron chi connectivity index (χ4n) is 2.68. The Kier molecular flexibility index (Phi) is 6.62. The molecule has 1 amide bonds. The second-order valence-corrected chi connectivity index (χ2v) is 7.12. The van der Waals surface area contributed by atoms with Crippen LogP contribution in [-0.4, -0.2) is 24.5 Å². The molecule has 0 spiro atoms. The number of carbonyl (C=O) groups is 1. The normalized spacial score (nSPS) is 10.4. The number of ether oxygens (including phenoxy) is 1. The van der Waals surface area contributed by atoms with Gasteiger partial charge >= 0.3 is 0 Å². The van der Waals surface area contributed by atoms with Gasteiger partial charge in [0.05, 0.1) is 21.4 Å². The summed E-state index contributed by atoms with van der Waals surface area (Å²) in [5.41, 5.74) is 3.21. The summed E-state index contributed by atoms with van der Waals surface area (Å²) in [5, 5.41) is 0. The summed E-state index contributed by atoms with van der Waals surface area (Å²) in [7, 11) is 1.55. The maximum atomic E-state index is 14.9. The van der Waals surface area contributed by atoms with Crippen molar-refractivity contribution in [1.82, 2.24) is 4.98 Å². The Hall–Kier alpha value is -2.91. The van der Waals surface area contributed by atoms with Gasteiger partial charge in [0.1, 0.15) is 6.61 Å². The summed E-state index contributed by atoms with van der Waals surface area (Å²) < 4.78 is 21.2. The number of unbranched alkanes of at least 4 members (excludes halogenated alkanes) is 2. The van der Waals surface area contributed by atoms with Crippen molar-refractivity contribution in [1.29, 1.82) is 0 Å². The molecule has 1 heterocycles. The Morgan fingerprint density at radius 2 is 2.14 bits per heavy atom. The third-order valence-corrected chi connectivity index (χ3v) is 5.06. The summed E-state index contributed by atoms with van der Waals surface area (Å²) in [4.78, 5) is 18.3. The number of rotatable bonds is 6. The fourth-order valence-corrected chi connectivity index (χ4v) is 3.40. The van der Waals surface area contributed by atoms with Crippen LogP contribution in [0.4, 0.5) is 10.1 Å². The lowest BCUT2D eigenvalue weighted by Gasteiger charge is -2.19. The molecule has 0 fully saturated rings. The van der Waals surface area contributed by atoms with Crippen molar-refractivity contribution in [3.8, 4) is 17.6 Å². The van der Waals surface area contributed by atoms with E-state index in [1.807, 2.05) is 0 Å². The molecular formula is C22H21FN2O2S. The van der Waals surface area contributed by atoms with Gasteiger partial charge in [-0.05, 0) is 36.8 Å². The van der Waals surface area contributed by atoms with Crippen molar-refractivity contribution in [2.24, 2.45) is 0 Å². The lowest BCUT2D eigenvalue weighted by molar-refractivity contribution is 0.0992. The van der Waals surface area contributed by atoms with Gasteiger partial charge in [-0.3, -0.25) is 4.79 Å². The first-order valence-electron chi connectivity index (χ1n) is 9.10. The predicted octanol–water partition coefficient (Wildman–Crippen LogP) is 5.28. The molecule has 0 unspecified atom stereocenters. The molecule has 3 rings (SSSR count). The number of aromatic nitrogens is 1. The van der Waals surface area contributed by atoms with Gasteiger partial charge in [0.25, 0.3) is 5.91 Å². The van der Waals surface area contributed by atoms with E-state index < -0.39 is 5.82 Å². The molecule has 0 saturated carbocycles. The zero-order valence-electron chi connectivity index (χ0n) is 15.9. The number of thiazole rings is 1. The van der Waals surface area contributed by atoms with Crippen LogP contribution in [0.1, 0.15) is 36.5 Å². The van der Waals surface area contributed by atoms with E-state index in [1.54, 1.807) is 42.9 Å². The average Bonchev–Trinajstić information content (AvgIpc) is 3.18. The summed E-state index contributed by atoms with van der Waals surface area (Å²) in [6.07, 6.45) is 2.93. The third-order valence-electron chi connectivity index (χ3n) is 4.27. The highest BCUT2D eigenvalue weighted by molar-refractivity contribution is 7.16. The molecular weight excluding hydrogens is 375 g/mol. The number of benzene rings is 2. The van der Waals surface area contributed by atoms with Gasteiger partial charge in [0.15, 0.2) is 11.6 Å². The summed E-state index contributed by atoms with van der Waals surface area (Å²) >= 11 is 1.46. The number of amides is 1. The van der Waals surface area contributed by atoms with Gasteiger partial charge < -0.3 is 9.64 Å². The molecule has 0 atom stereocenters. The SMILES string of the molecule is CCCCC#CCOc1cccc(N(C)C(=O)c2ccc3ncsc3c2)c1F. The van der Waals surface area contributed by atoms with Crippen LogP contribution < -0.4 is 9.64 Å². The van der Waals surface area contributed by atoms with E-state index in [1.165, 1.54) is 22.3 Å². The van der Waals surface area contributed by atoms with Crippen LogP contribution in [0.15, 0.2) is 41.9 Å². The van der Waals surface area contributed by atoms with E-state index in [0.717, 1.165) is 29.5 Å². The Morgan fingerprint density at radius 1 is 1.29 bits per heavy atom. The lowest BCUT2D eigenvalue weighted by atomic mass is 10.1. The number of anilines is 1. The van der Waals surface area contributed by atoms with E-state index in [-0.39, 0.29) is 24.0 Å². The average molecular weight is 396 g/mol. The summed E-state index contributed by atoms with van der Waals surface area (Å²) in [6, 6.07) is 10.0. The van der Waals surface area contributed by atoms with Gasteiger partial charge in [0, 0.05) is 19.0 Å². The zero-order chi connectivity index (χ0) is 19.9. The summed E-state index contributed by atoms with van der Waals surface area (Å²) in [5.74, 6) is 5.09. The Morgan fingerprint density at radius 3 is 2.96 bits per heavy atom. The molecule has 1 aromatic heterocycles. The van der Waals surface area contributed by atoms with E-state index in [9.17, 15) is 9.18 Å². The Labute approximate surface area is 168 Å². The smallest absolute Gasteiger partial charge is 0.258 e. The van der Waals surface area contributed by atoms with Gasteiger partial charge in [0.2, 0.25) is 0 Å². The van der Waals surface area contributed by atoms with Crippen molar-refractivity contribution in [3.63, 3.8) is 0 Å². The number of halogens is 1. The molecule has 0 aliphatic rings. The molecule has 0 aliphatic heterocycles. The van der Waals surface area contributed by atoms with Gasteiger partial charge in [-0.2, -0.15) is 0 Å². The highest BCUT2D eigenvalue weighted by Crippen LogP contribution is 2.28. The van der Waals surface area contributed by atoms with Crippen molar-refractivity contribution >= 4 is 33.1 Å². The molecule has 0 bridgehead atoms. The molecule has 144 valence electrons. The van der Waals surface area contributed by atoms with Crippen LogP contribution in [0.25, 0.3) is 10.2 Å². The first-order chi connectivity index (χ1) is 13.6. The van der Waals surface area contributed by atoms with Crippen molar-refractivity contribution in [3.05, 3.63) is 53.3 Å². The first kappa shape index (κ1) is 19.8. The van der Waals surface area contributed by atoms with E-state index in [2.05, 4.69) is 23.7 Å². The molecule has 3 aromatic rings. The largest absolute Gasteiger partial charge is 0.478 e. The van der Waals surface area contributed by atoms with Gasteiger partial charge in [-0.1, -0.05) is 31.3 Å². The molecule has 0 aliphatic carbocycles. The first-order valence-corrected chi connectivity index (χ1v) is 9.98. The summed E-state index contributed by atoms with van der Waals surface area (Å²) in [6.45, 7) is 2.22. The van der Waals surface area contributed by atoms with Crippen molar-refractivity contribution in [2.45, 2.75) is 26.2 Å². The van der Waals surface area contributed by atoms with Crippen LogP contribution in [-0.2, 0) is 0 Å². The molecule has 28 heavy (non-hydrogen) atoms. The van der Waals surface area contributed by atoms with Crippen molar-refractivity contribution < 1.29 is 13.9 Å². The molecule has 0 N–H and O–H groups in total. The minimum absolute atomic E-state index is 0.0832. The van der Waals surface area contributed by atoms with E-state index >= 15 is 0 Å². The van der Waals surface area contributed by atoms with Crippen LogP contribution >= 0.6 is 11.3 Å². The fraction of sp³-hybridized carbons (Fsp3) is 0.273. The minimum Gasteiger partial charge on any atom is -0.478 e. The standard InChI is InChI=1S/C22H21FN2O2S/c1-3-4-5-6-7-13-27-19-10-8-9-18(21(19)23)25(2)22(26)16-11-12-17-20(14-16)28-15-24-17/h8-12,14-15H,3-5,13H2,1-2H3. The van der Waals surface area contributed by atoms with E-state index in [0.29, 0.717) is 5.56 Å². The Bertz CT molecular complexity index is 1040. The Balaban J connectivity index is 1.74. The number of carbonyl (C=O) groups excluding carboxylic acids is 1. The number of fused-ring (bicyclic) bond motifs is 1. The maximum absolute atomic E-state index is 14.9. The van der Waals surface area contributed by atoms with Gasteiger partial charge in [-0.15, -0.1) is 11.3 Å². The van der Waals surface area contributed by atoms with Crippen LogP contribution in [0.2, 0.25) is 0 Å². The molecule has 6 heteroatoms. The topological polar surface area (TPSA) is 42.4 Å². The van der Waals surface area contributed by atoms with Crippen LogP contribution in [0.3, 0.4) is 0 Å². The van der Waals surface area contributed by atoms with Crippen LogP contribution in [0.5, 0.6) is 5.75 Å².